The van der Waals surface area contributed by atoms with Crippen LogP contribution in [0.4, 0.5) is 0 Å². The van der Waals surface area contributed by atoms with Gasteiger partial charge in [-0.1, -0.05) is 60.2 Å². The standard InChI is InChI=1S/C31H35N3O3/c1-22-15-17-28(23(2)21-22)34-30(32-27-14-9-8-13-26(27)31(34)36)24(3)33(19-10-20-37-4)29(35)18-16-25-11-6-5-7-12-25/h5-9,11-15,17,21,24H,10,16,18-20H2,1-4H3. The highest BCUT2D eigenvalue weighted by atomic mass is 16.5. The summed E-state index contributed by atoms with van der Waals surface area (Å²) in [7, 11) is 1.66. The average molecular weight is 498 g/mol. The van der Waals surface area contributed by atoms with Crippen molar-refractivity contribution >= 4 is 16.8 Å². The molecule has 1 atom stereocenters. The van der Waals surface area contributed by atoms with Crippen LogP contribution < -0.4 is 5.56 Å². The number of para-hydroxylation sites is 1. The first kappa shape index (κ1) is 26.3. The SMILES string of the molecule is COCCCN(C(=O)CCc1ccccc1)C(C)c1nc2ccccc2c(=O)n1-c1ccc(C)cc1C. The zero-order valence-corrected chi connectivity index (χ0v) is 22.1. The van der Waals surface area contributed by atoms with E-state index in [4.69, 9.17) is 9.72 Å². The lowest BCUT2D eigenvalue weighted by Gasteiger charge is -2.31. The highest BCUT2D eigenvalue weighted by Crippen LogP contribution is 2.26. The van der Waals surface area contributed by atoms with Gasteiger partial charge in [0.1, 0.15) is 5.82 Å². The van der Waals surface area contributed by atoms with Gasteiger partial charge in [0.05, 0.1) is 22.6 Å². The first-order valence-electron chi connectivity index (χ1n) is 12.8. The molecular formula is C31H35N3O3. The molecule has 1 heterocycles. The molecule has 4 aromatic rings. The number of benzene rings is 3. The van der Waals surface area contributed by atoms with Gasteiger partial charge < -0.3 is 9.64 Å². The number of ether oxygens (including phenoxy) is 1. The Morgan fingerprint density at radius 2 is 1.76 bits per heavy atom. The van der Waals surface area contributed by atoms with E-state index in [1.54, 1.807) is 17.7 Å². The van der Waals surface area contributed by atoms with Crippen LogP contribution in [0.2, 0.25) is 0 Å². The fourth-order valence-corrected chi connectivity index (χ4v) is 4.81. The molecule has 1 aromatic heterocycles. The third-order valence-electron chi connectivity index (χ3n) is 6.77. The zero-order valence-electron chi connectivity index (χ0n) is 22.1. The molecule has 0 aliphatic carbocycles. The number of hydrogen-bond acceptors (Lipinski definition) is 4. The highest BCUT2D eigenvalue weighted by molar-refractivity contribution is 5.79. The minimum absolute atomic E-state index is 0.0297. The number of hydrogen-bond donors (Lipinski definition) is 0. The van der Waals surface area contributed by atoms with Gasteiger partial charge >= 0.3 is 0 Å². The van der Waals surface area contributed by atoms with Crippen LogP contribution in [0.1, 0.15) is 48.3 Å². The van der Waals surface area contributed by atoms with Gasteiger partial charge in [-0.25, -0.2) is 4.98 Å². The second kappa shape index (κ2) is 12.0. The molecule has 6 nitrogen and oxygen atoms in total. The van der Waals surface area contributed by atoms with Gasteiger partial charge in [-0.3, -0.25) is 14.2 Å². The topological polar surface area (TPSA) is 64.4 Å². The molecule has 3 aromatic carbocycles. The lowest BCUT2D eigenvalue weighted by molar-refractivity contribution is -0.133. The molecule has 0 aliphatic heterocycles. The summed E-state index contributed by atoms with van der Waals surface area (Å²) in [6, 6.07) is 23.0. The molecule has 4 rings (SSSR count). The fourth-order valence-electron chi connectivity index (χ4n) is 4.81. The van der Waals surface area contributed by atoms with Gasteiger partial charge in [0.15, 0.2) is 0 Å². The van der Waals surface area contributed by atoms with Crippen molar-refractivity contribution in [3.8, 4) is 5.69 Å². The Kier molecular flexibility index (Phi) is 8.51. The van der Waals surface area contributed by atoms with Crippen LogP contribution in [0.5, 0.6) is 0 Å². The van der Waals surface area contributed by atoms with Crippen LogP contribution in [0, 0.1) is 13.8 Å². The molecule has 0 radical (unpaired) electrons. The van der Waals surface area contributed by atoms with Gasteiger partial charge in [0.2, 0.25) is 5.91 Å². The van der Waals surface area contributed by atoms with E-state index in [1.807, 2.05) is 86.3 Å². The van der Waals surface area contributed by atoms with E-state index in [0.29, 0.717) is 49.1 Å². The molecule has 0 fully saturated rings. The van der Waals surface area contributed by atoms with Gasteiger partial charge in [-0.2, -0.15) is 0 Å². The number of carbonyl (C=O) groups is 1. The summed E-state index contributed by atoms with van der Waals surface area (Å²) in [6.07, 6.45) is 1.73. The van der Waals surface area contributed by atoms with Crippen LogP contribution in [0.25, 0.3) is 16.6 Å². The predicted molar refractivity (Wildman–Crippen MR) is 148 cm³/mol. The second-order valence-electron chi connectivity index (χ2n) is 9.51. The third-order valence-corrected chi connectivity index (χ3v) is 6.77. The van der Waals surface area contributed by atoms with Crippen LogP contribution in [0.15, 0.2) is 77.6 Å². The molecule has 0 N–H and O–H groups in total. The average Bonchev–Trinajstić information content (AvgIpc) is 2.90. The van der Waals surface area contributed by atoms with E-state index >= 15 is 0 Å². The van der Waals surface area contributed by atoms with Crippen molar-refractivity contribution in [1.82, 2.24) is 14.5 Å². The second-order valence-corrected chi connectivity index (χ2v) is 9.51. The lowest BCUT2D eigenvalue weighted by Crippen LogP contribution is -2.38. The third kappa shape index (κ3) is 5.97. The normalized spacial score (nSPS) is 12.0. The molecule has 0 bridgehead atoms. The molecular weight excluding hydrogens is 462 g/mol. The van der Waals surface area contributed by atoms with Crippen LogP contribution in [-0.2, 0) is 16.0 Å². The van der Waals surface area contributed by atoms with E-state index in [0.717, 1.165) is 22.4 Å². The van der Waals surface area contributed by atoms with Crippen molar-refractivity contribution < 1.29 is 9.53 Å². The molecule has 192 valence electrons. The first-order chi connectivity index (χ1) is 17.9. The number of aryl methyl sites for hydroxylation is 3. The van der Waals surface area contributed by atoms with Crippen molar-refractivity contribution in [1.29, 1.82) is 0 Å². The fraction of sp³-hybridized carbons (Fsp3) is 0.323. The Labute approximate surface area is 218 Å². The van der Waals surface area contributed by atoms with E-state index in [1.165, 1.54) is 0 Å². The van der Waals surface area contributed by atoms with Gasteiger partial charge in [0.25, 0.3) is 5.56 Å². The largest absolute Gasteiger partial charge is 0.385 e. The van der Waals surface area contributed by atoms with Gasteiger partial charge in [-0.05, 0) is 62.9 Å². The summed E-state index contributed by atoms with van der Waals surface area (Å²) in [5, 5.41) is 0.555. The summed E-state index contributed by atoms with van der Waals surface area (Å²) in [5.74, 6) is 0.586. The Morgan fingerprint density at radius 3 is 2.49 bits per heavy atom. The molecule has 0 saturated carbocycles. The smallest absolute Gasteiger partial charge is 0.266 e. The van der Waals surface area contributed by atoms with Crippen molar-refractivity contribution in [3.05, 3.63) is 106 Å². The van der Waals surface area contributed by atoms with Crippen LogP contribution in [0.3, 0.4) is 0 Å². The highest BCUT2D eigenvalue weighted by Gasteiger charge is 2.27. The van der Waals surface area contributed by atoms with Crippen molar-refractivity contribution in [3.63, 3.8) is 0 Å². The quantitative estimate of drug-likeness (QED) is 0.269. The first-order valence-corrected chi connectivity index (χ1v) is 12.8. The maximum absolute atomic E-state index is 13.9. The minimum atomic E-state index is -0.418. The van der Waals surface area contributed by atoms with Crippen molar-refractivity contribution in [2.75, 3.05) is 20.3 Å². The molecule has 1 amide bonds. The number of fused-ring (bicyclic) bond motifs is 1. The van der Waals surface area contributed by atoms with E-state index in [2.05, 4.69) is 6.07 Å². The number of nitrogens with zero attached hydrogens (tertiary/aromatic N) is 3. The maximum atomic E-state index is 13.9. The lowest BCUT2D eigenvalue weighted by atomic mass is 10.1. The molecule has 0 spiro atoms. The number of amides is 1. The monoisotopic (exact) mass is 497 g/mol. The summed E-state index contributed by atoms with van der Waals surface area (Å²) < 4.78 is 6.96. The Morgan fingerprint density at radius 1 is 1.03 bits per heavy atom. The molecule has 0 aliphatic rings. The number of methoxy groups -OCH3 is 1. The van der Waals surface area contributed by atoms with E-state index in [-0.39, 0.29) is 11.5 Å². The Balaban J connectivity index is 1.79. The Hall–Kier alpha value is -3.77. The van der Waals surface area contributed by atoms with E-state index < -0.39 is 6.04 Å². The number of rotatable bonds is 10. The van der Waals surface area contributed by atoms with Crippen LogP contribution in [-0.4, -0.2) is 40.6 Å². The molecule has 37 heavy (non-hydrogen) atoms. The van der Waals surface area contributed by atoms with Crippen LogP contribution >= 0.6 is 0 Å². The van der Waals surface area contributed by atoms with Gasteiger partial charge in [-0.15, -0.1) is 0 Å². The zero-order chi connectivity index (χ0) is 26.4. The summed E-state index contributed by atoms with van der Waals surface area (Å²) >= 11 is 0. The van der Waals surface area contributed by atoms with E-state index in [9.17, 15) is 9.59 Å². The summed E-state index contributed by atoms with van der Waals surface area (Å²) in [6.45, 7) is 7.05. The summed E-state index contributed by atoms with van der Waals surface area (Å²) in [5.41, 5.74) is 4.50. The molecule has 1 unspecified atom stereocenters. The molecule has 6 heteroatoms. The van der Waals surface area contributed by atoms with Gasteiger partial charge in [0, 0.05) is 26.7 Å². The summed E-state index contributed by atoms with van der Waals surface area (Å²) in [4.78, 5) is 34.3. The number of carbonyl (C=O) groups excluding carboxylic acids is 1. The van der Waals surface area contributed by atoms with Crippen molar-refractivity contribution in [2.24, 2.45) is 0 Å². The Bertz CT molecular complexity index is 1430. The maximum Gasteiger partial charge on any atom is 0.266 e. The molecule has 0 saturated heterocycles. The number of aromatic nitrogens is 2. The van der Waals surface area contributed by atoms with Crippen molar-refractivity contribution in [2.45, 2.75) is 46.1 Å². The minimum Gasteiger partial charge on any atom is -0.385 e. The predicted octanol–water partition coefficient (Wildman–Crippen LogP) is 5.56.